The van der Waals surface area contributed by atoms with Crippen LogP contribution in [0.5, 0.6) is 0 Å². The first-order chi connectivity index (χ1) is 14.1. The Hall–Kier alpha value is -1.84. The van der Waals surface area contributed by atoms with Crippen LogP contribution < -0.4 is 4.90 Å². The van der Waals surface area contributed by atoms with E-state index in [4.69, 9.17) is 4.74 Å². The smallest absolute Gasteiger partial charge is 0.348 e. The van der Waals surface area contributed by atoms with E-state index in [0.29, 0.717) is 16.5 Å². The van der Waals surface area contributed by atoms with Crippen LogP contribution in [0.25, 0.3) is 0 Å². The van der Waals surface area contributed by atoms with Crippen molar-refractivity contribution in [2.75, 3.05) is 12.0 Å². The van der Waals surface area contributed by atoms with E-state index in [-0.39, 0.29) is 34.3 Å². The SMILES string of the molecule is COC1CC(N(C(=O)C2CCC(C)CC2)c2cc(C#CC(C)(C)C)sc2C(=O)O)C1. The van der Waals surface area contributed by atoms with Crippen molar-refractivity contribution in [3.8, 4) is 11.8 Å². The second-order valence-corrected chi connectivity index (χ2v) is 10.8. The molecule has 2 saturated carbocycles. The molecule has 0 aromatic carbocycles. The van der Waals surface area contributed by atoms with Gasteiger partial charge in [-0.3, -0.25) is 4.79 Å². The molecule has 1 N–H and O–H groups in total. The highest BCUT2D eigenvalue weighted by Crippen LogP contribution is 2.40. The van der Waals surface area contributed by atoms with Crippen molar-refractivity contribution >= 4 is 28.9 Å². The first-order valence-electron chi connectivity index (χ1n) is 10.8. The lowest BCUT2D eigenvalue weighted by molar-refractivity contribution is -0.125. The van der Waals surface area contributed by atoms with Gasteiger partial charge in [0.25, 0.3) is 0 Å². The lowest BCUT2D eigenvalue weighted by Gasteiger charge is -2.43. The van der Waals surface area contributed by atoms with Crippen molar-refractivity contribution in [1.29, 1.82) is 0 Å². The fourth-order valence-corrected chi connectivity index (χ4v) is 5.01. The molecule has 1 aromatic heterocycles. The fraction of sp³-hybridized carbons (Fsp3) is 0.667. The zero-order chi connectivity index (χ0) is 22.1. The van der Waals surface area contributed by atoms with Crippen LogP contribution in [-0.2, 0) is 9.53 Å². The summed E-state index contributed by atoms with van der Waals surface area (Å²) in [5.41, 5.74) is 0.329. The van der Waals surface area contributed by atoms with Crippen LogP contribution in [0.1, 0.15) is 80.8 Å². The van der Waals surface area contributed by atoms with Crippen molar-refractivity contribution in [2.45, 2.75) is 78.4 Å². The van der Waals surface area contributed by atoms with Crippen LogP contribution in [0.15, 0.2) is 6.07 Å². The van der Waals surface area contributed by atoms with Crippen LogP contribution in [0, 0.1) is 29.1 Å². The maximum absolute atomic E-state index is 13.6. The topological polar surface area (TPSA) is 66.8 Å². The van der Waals surface area contributed by atoms with Gasteiger partial charge in [0, 0.05) is 24.5 Å². The summed E-state index contributed by atoms with van der Waals surface area (Å²) >= 11 is 1.16. The Balaban J connectivity index is 1.96. The average Bonchev–Trinajstić information content (AvgIpc) is 3.06. The third-order valence-corrected chi connectivity index (χ3v) is 7.13. The highest BCUT2D eigenvalue weighted by molar-refractivity contribution is 7.15. The first kappa shape index (κ1) is 22.8. The molecule has 1 aromatic rings. The van der Waals surface area contributed by atoms with Gasteiger partial charge in [-0.05, 0) is 71.3 Å². The highest BCUT2D eigenvalue weighted by Gasteiger charge is 2.41. The van der Waals surface area contributed by atoms with Gasteiger partial charge in [0.2, 0.25) is 5.91 Å². The Labute approximate surface area is 183 Å². The van der Waals surface area contributed by atoms with Gasteiger partial charge in [-0.25, -0.2) is 4.79 Å². The molecule has 0 aliphatic heterocycles. The Bertz CT molecular complexity index is 843. The molecule has 2 aliphatic rings. The predicted molar refractivity (Wildman–Crippen MR) is 120 cm³/mol. The number of carboxylic acids is 1. The van der Waals surface area contributed by atoms with E-state index in [1.54, 1.807) is 18.1 Å². The third-order valence-electron chi connectivity index (χ3n) is 6.10. The number of thiophene rings is 1. The van der Waals surface area contributed by atoms with E-state index in [1.165, 1.54) is 0 Å². The Morgan fingerprint density at radius 1 is 1.20 bits per heavy atom. The largest absolute Gasteiger partial charge is 0.477 e. The van der Waals surface area contributed by atoms with Crippen molar-refractivity contribution in [3.05, 3.63) is 15.8 Å². The summed E-state index contributed by atoms with van der Waals surface area (Å²) in [4.78, 5) is 28.3. The molecule has 6 heteroatoms. The lowest BCUT2D eigenvalue weighted by Crippen LogP contribution is -2.53. The first-order valence-corrected chi connectivity index (χ1v) is 11.7. The third kappa shape index (κ3) is 5.25. The molecule has 30 heavy (non-hydrogen) atoms. The number of ether oxygens (including phenoxy) is 1. The number of methoxy groups -OCH3 is 1. The molecule has 0 saturated heterocycles. The van der Waals surface area contributed by atoms with Crippen LogP contribution in [-0.4, -0.2) is 36.2 Å². The molecule has 0 radical (unpaired) electrons. The van der Waals surface area contributed by atoms with Gasteiger partial charge in [0.15, 0.2) is 0 Å². The standard InChI is InChI=1S/C24H33NO4S/c1-15-6-8-16(9-7-15)22(26)25(17-12-18(13-17)29-5)20-14-19(10-11-24(2,3)4)30-21(20)23(27)28/h14-18H,6-9,12-13H2,1-5H3,(H,27,28). The van der Waals surface area contributed by atoms with E-state index in [2.05, 4.69) is 18.8 Å². The number of anilines is 1. The second kappa shape index (κ2) is 9.11. The van der Waals surface area contributed by atoms with E-state index in [9.17, 15) is 14.7 Å². The molecule has 1 heterocycles. The number of rotatable bonds is 5. The van der Waals surface area contributed by atoms with Gasteiger partial charge in [0.1, 0.15) is 4.88 Å². The number of nitrogens with zero attached hydrogens (tertiary/aromatic N) is 1. The molecule has 0 spiro atoms. The number of amides is 1. The fourth-order valence-electron chi connectivity index (χ4n) is 4.16. The molecule has 0 bridgehead atoms. The number of hydrogen-bond donors (Lipinski definition) is 1. The van der Waals surface area contributed by atoms with Crippen LogP contribution in [0.3, 0.4) is 0 Å². The van der Waals surface area contributed by atoms with Crippen molar-refractivity contribution in [1.82, 2.24) is 0 Å². The number of hydrogen-bond acceptors (Lipinski definition) is 4. The van der Waals surface area contributed by atoms with Crippen LogP contribution in [0.2, 0.25) is 0 Å². The molecule has 2 aliphatic carbocycles. The molecule has 0 unspecified atom stereocenters. The second-order valence-electron chi connectivity index (χ2n) is 9.78. The molecule has 164 valence electrons. The molecular formula is C24H33NO4S. The Morgan fingerprint density at radius 3 is 2.37 bits per heavy atom. The Morgan fingerprint density at radius 2 is 1.83 bits per heavy atom. The average molecular weight is 432 g/mol. The zero-order valence-corrected chi connectivity index (χ0v) is 19.5. The molecule has 5 nitrogen and oxygen atoms in total. The normalized spacial score (nSPS) is 26.3. The van der Waals surface area contributed by atoms with Crippen molar-refractivity contribution in [3.63, 3.8) is 0 Å². The summed E-state index contributed by atoms with van der Waals surface area (Å²) in [6, 6.07) is 1.79. The van der Waals surface area contributed by atoms with Gasteiger partial charge in [-0.2, -0.15) is 0 Å². The predicted octanol–water partition coefficient (Wildman–Crippen LogP) is 5.18. The zero-order valence-electron chi connectivity index (χ0n) is 18.7. The molecule has 0 atom stereocenters. The number of carbonyl (C=O) groups is 2. The van der Waals surface area contributed by atoms with Gasteiger partial charge >= 0.3 is 5.97 Å². The van der Waals surface area contributed by atoms with Gasteiger partial charge in [-0.1, -0.05) is 18.8 Å². The minimum Gasteiger partial charge on any atom is -0.477 e. The Kier molecular flexibility index (Phi) is 6.94. The summed E-state index contributed by atoms with van der Waals surface area (Å²) < 4.78 is 5.43. The van der Waals surface area contributed by atoms with Crippen molar-refractivity contribution in [2.24, 2.45) is 17.3 Å². The highest BCUT2D eigenvalue weighted by atomic mass is 32.1. The summed E-state index contributed by atoms with van der Waals surface area (Å²) in [7, 11) is 1.68. The molecule has 2 fully saturated rings. The van der Waals surface area contributed by atoms with E-state index in [0.717, 1.165) is 49.9 Å². The van der Waals surface area contributed by atoms with Gasteiger partial charge in [0.05, 0.1) is 16.7 Å². The monoisotopic (exact) mass is 431 g/mol. The van der Waals surface area contributed by atoms with E-state index in [1.807, 2.05) is 20.8 Å². The minimum absolute atomic E-state index is 0.0158. The van der Waals surface area contributed by atoms with Crippen molar-refractivity contribution < 1.29 is 19.4 Å². The van der Waals surface area contributed by atoms with Crippen LogP contribution in [0.4, 0.5) is 5.69 Å². The van der Waals surface area contributed by atoms with E-state index < -0.39 is 5.97 Å². The van der Waals surface area contributed by atoms with E-state index >= 15 is 0 Å². The summed E-state index contributed by atoms with van der Waals surface area (Å²) in [6.07, 6.45) is 5.46. The number of aromatic carboxylic acids is 1. The maximum atomic E-state index is 13.6. The number of carbonyl (C=O) groups excluding carboxylic acids is 1. The maximum Gasteiger partial charge on any atom is 0.348 e. The van der Waals surface area contributed by atoms with Gasteiger partial charge in [-0.15, -0.1) is 11.3 Å². The minimum atomic E-state index is -1.00. The molecule has 1 amide bonds. The lowest BCUT2D eigenvalue weighted by atomic mass is 9.80. The van der Waals surface area contributed by atoms with Crippen LogP contribution >= 0.6 is 11.3 Å². The number of carboxylic acid groups (broad SMARTS) is 1. The van der Waals surface area contributed by atoms with Gasteiger partial charge < -0.3 is 14.7 Å². The summed E-state index contributed by atoms with van der Waals surface area (Å²) in [5.74, 6) is 5.97. The summed E-state index contributed by atoms with van der Waals surface area (Å²) in [6.45, 7) is 8.29. The quantitative estimate of drug-likeness (QED) is 0.652. The molecular weight excluding hydrogens is 398 g/mol. The summed E-state index contributed by atoms with van der Waals surface area (Å²) in [5, 5.41) is 9.85. The molecule has 3 rings (SSSR count).